The molecule has 2 aromatic rings. The number of non-ortho nitro benzene ring substituents is 1. The molecule has 2 aromatic carbocycles. The predicted molar refractivity (Wildman–Crippen MR) is 96.7 cm³/mol. The first kappa shape index (κ1) is 18.4. The quantitative estimate of drug-likeness (QED) is 0.347. The van der Waals surface area contributed by atoms with Crippen LogP contribution >= 0.6 is 0 Å². The fourth-order valence-corrected chi connectivity index (χ4v) is 3.26. The second-order valence-corrected chi connectivity index (χ2v) is 6.10. The molecule has 0 spiro atoms. The average Bonchev–Trinajstić information content (AvgIpc) is 3.04. The van der Waals surface area contributed by atoms with Crippen LogP contribution in [0.15, 0.2) is 48.5 Å². The summed E-state index contributed by atoms with van der Waals surface area (Å²) < 4.78 is 9.98. The van der Waals surface area contributed by atoms with Gasteiger partial charge in [-0.25, -0.2) is 0 Å². The van der Waals surface area contributed by atoms with E-state index >= 15 is 0 Å². The first-order valence-electron chi connectivity index (χ1n) is 8.24. The summed E-state index contributed by atoms with van der Waals surface area (Å²) in [7, 11) is 2.80. The zero-order valence-corrected chi connectivity index (χ0v) is 14.8. The first-order valence-corrected chi connectivity index (χ1v) is 8.24. The summed E-state index contributed by atoms with van der Waals surface area (Å²) in [5.74, 6) is -1.70. The zero-order valence-electron chi connectivity index (χ0n) is 14.8. The van der Waals surface area contributed by atoms with Crippen molar-refractivity contribution in [2.24, 2.45) is 5.92 Å². The van der Waals surface area contributed by atoms with E-state index in [9.17, 15) is 19.7 Å². The van der Waals surface area contributed by atoms with E-state index in [4.69, 9.17) is 9.47 Å². The van der Waals surface area contributed by atoms with Gasteiger partial charge in [0.1, 0.15) is 11.7 Å². The molecular weight excluding hydrogens is 352 g/mol. The highest BCUT2D eigenvalue weighted by molar-refractivity contribution is 6.09. The number of benzene rings is 2. The van der Waals surface area contributed by atoms with Crippen molar-refractivity contribution in [3.8, 4) is 5.75 Å². The van der Waals surface area contributed by atoms with Crippen molar-refractivity contribution in [3.05, 3.63) is 64.2 Å². The highest BCUT2D eigenvalue weighted by atomic mass is 16.6. The average molecular weight is 370 g/mol. The number of rotatable bonds is 5. The molecule has 2 atom stereocenters. The molecule has 0 saturated carbocycles. The van der Waals surface area contributed by atoms with Crippen molar-refractivity contribution in [3.63, 3.8) is 0 Å². The minimum atomic E-state index is -0.974. The topological polar surface area (TPSA) is 99.0 Å². The van der Waals surface area contributed by atoms with Gasteiger partial charge in [0.2, 0.25) is 5.91 Å². The van der Waals surface area contributed by atoms with E-state index in [0.717, 1.165) is 5.56 Å². The Kier molecular flexibility index (Phi) is 5.07. The second-order valence-electron chi connectivity index (χ2n) is 6.10. The van der Waals surface area contributed by atoms with Gasteiger partial charge in [0.25, 0.3) is 5.69 Å². The highest BCUT2D eigenvalue weighted by Gasteiger charge is 2.47. The van der Waals surface area contributed by atoms with Crippen molar-refractivity contribution in [1.29, 1.82) is 0 Å². The number of carbonyl (C=O) groups is 2. The summed E-state index contributed by atoms with van der Waals surface area (Å²) in [4.78, 5) is 36.9. The number of methoxy groups -OCH3 is 2. The summed E-state index contributed by atoms with van der Waals surface area (Å²) in [5, 5.41) is 10.8. The Morgan fingerprint density at radius 2 is 1.74 bits per heavy atom. The minimum Gasteiger partial charge on any atom is -0.497 e. The lowest BCUT2D eigenvalue weighted by molar-refractivity contribution is -0.384. The van der Waals surface area contributed by atoms with Gasteiger partial charge in [-0.3, -0.25) is 19.7 Å². The minimum absolute atomic E-state index is 0.0679. The van der Waals surface area contributed by atoms with E-state index in [1.165, 1.54) is 36.3 Å². The summed E-state index contributed by atoms with van der Waals surface area (Å²) in [5.41, 5.74) is 1.24. The lowest BCUT2D eigenvalue weighted by atomic mass is 9.88. The van der Waals surface area contributed by atoms with Gasteiger partial charge in [-0.1, -0.05) is 12.1 Å². The third-order valence-corrected chi connectivity index (χ3v) is 4.68. The van der Waals surface area contributed by atoms with Gasteiger partial charge in [0.15, 0.2) is 0 Å². The van der Waals surface area contributed by atoms with Gasteiger partial charge in [-0.2, -0.15) is 0 Å². The molecule has 1 amide bonds. The van der Waals surface area contributed by atoms with Crippen LogP contribution in [0, 0.1) is 16.0 Å². The van der Waals surface area contributed by atoms with Gasteiger partial charge in [-0.15, -0.1) is 0 Å². The van der Waals surface area contributed by atoms with Crippen LogP contribution in [0.25, 0.3) is 0 Å². The zero-order chi connectivity index (χ0) is 19.6. The van der Waals surface area contributed by atoms with Crippen molar-refractivity contribution < 1.29 is 24.0 Å². The molecule has 1 heterocycles. The van der Waals surface area contributed by atoms with Gasteiger partial charge in [-0.05, 0) is 29.8 Å². The molecule has 1 aliphatic heterocycles. The Balaban J connectivity index is 1.94. The number of ether oxygens (including phenoxy) is 2. The molecule has 0 radical (unpaired) electrons. The summed E-state index contributed by atoms with van der Waals surface area (Å²) in [6.45, 7) is 0.267. The number of hydrogen-bond donors (Lipinski definition) is 0. The summed E-state index contributed by atoms with van der Waals surface area (Å²) in [6.07, 6.45) is 0. The van der Waals surface area contributed by atoms with Gasteiger partial charge < -0.3 is 14.4 Å². The number of amides is 1. The van der Waals surface area contributed by atoms with Crippen LogP contribution in [0.5, 0.6) is 5.75 Å². The van der Waals surface area contributed by atoms with Crippen LogP contribution in [0.2, 0.25) is 0 Å². The van der Waals surface area contributed by atoms with Crippen LogP contribution in [0.1, 0.15) is 11.5 Å². The maximum atomic E-state index is 12.9. The largest absolute Gasteiger partial charge is 0.497 e. The molecule has 0 aromatic heterocycles. The number of esters is 1. The third kappa shape index (κ3) is 3.46. The van der Waals surface area contributed by atoms with E-state index in [0.29, 0.717) is 11.4 Å². The summed E-state index contributed by atoms with van der Waals surface area (Å²) in [6, 6.07) is 12.8. The van der Waals surface area contributed by atoms with Crippen molar-refractivity contribution in [2.75, 3.05) is 25.7 Å². The second kappa shape index (κ2) is 7.45. The molecule has 0 N–H and O–H groups in total. The lowest BCUT2D eigenvalue weighted by Crippen LogP contribution is -2.31. The normalized spacial score (nSPS) is 19.0. The molecule has 3 rings (SSSR count). The Hall–Kier alpha value is -3.42. The van der Waals surface area contributed by atoms with E-state index < -0.39 is 28.6 Å². The first-order chi connectivity index (χ1) is 13.0. The van der Waals surface area contributed by atoms with E-state index in [1.807, 2.05) is 12.1 Å². The monoisotopic (exact) mass is 370 g/mol. The number of nitrogens with zero attached hydrogens (tertiary/aromatic N) is 2. The van der Waals surface area contributed by atoms with Gasteiger partial charge in [0.05, 0.1) is 19.1 Å². The molecule has 8 nitrogen and oxygen atoms in total. The van der Waals surface area contributed by atoms with Crippen LogP contribution < -0.4 is 9.64 Å². The molecule has 1 fully saturated rings. The number of nitro benzene ring substituents is 1. The maximum Gasteiger partial charge on any atom is 0.318 e. The van der Waals surface area contributed by atoms with Crippen LogP contribution in [-0.2, 0) is 14.3 Å². The smallest absolute Gasteiger partial charge is 0.318 e. The number of carbonyl (C=O) groups excluding carboxylic acids is 2. The van der Waals surface area contributed by atoms with E-state index in [1.54, 1.807) is 19.2 Å². The van der Waals surface area contributed by atoms with Crippen LogP contribution in [0.3, 0.4) is 0 Å². The fourth-order valence-electron chi connectivity index (χ4n) is 3.26. The molecule has 140 valence electrons. The Morgan fingerprint density at radius 1 is 1.11 bits per heavy atom. The van der Waals surface area contributed by atoms with Crippen molar-refractivity contribution >= 4 is 23.3 Å². The predicted octanol–water partition coefficient (Wildman–Crippen LogP) is 2.52. The van der Waals surface area contributed by atoms with Gasteiger partial charge >= 0.3 is 5.97 Å². The van der Waals surface area contributed by atoms with Crippen LogP contribution in [-0.4, -0.2) is 37.6 Å². The molecule has 0 bridgehead atoms. The SMILES string of the molecule is COC(=O)[C@@H]1C(=O)N(c2ccc([N+](=O)[O-])cc2)C[C@H]1c1ccc(OC)cc1. The molecule has 0 unspecified atom stereocenters. The number of anilines is 1. The standard InChI is InChI=1S/C19H18N2O6/c1-26-15-9-3-12(4-10-15)16-11-20(18(22)17(16)19(23)27-2)13-5-7-14(8-6-13)21(24)25/h3-10,16-17H,11H2,1-2H3/t16-,17-/m0/s1. The lowest BCUT2D eigenvalue weighted by Gasteiger charge is -2.16. The Morgan fingerprint density at radius 3 is 2.26 bits per heavy atom. The van der Waals surface area contributed by atoms with Crippen molar-refractivity contribution in [2.45, 2.75) is 5.92 Å². The molecule has 1 aliphatic rings. The Labute approximate surface area is 155 Å². The molecule has 0 aliphatic carbocycles. The molecule has 27 heavy (non-hydrogen) atoms. The third-order valence-electron chi connectivity index (χ3n) is 4.68. The highest BCUT2D eigenvalue weighted by Crippen LogP contribution is 2.38. The number of hydrogen-bond acceptors (Lipinski definition) is 6. The van der Waals surface area contributed by atoms with E-state index in [-0.39, 0.29) is 12.2 Å². The van der Waals surface area contributed by atoms with Crippen LogP contribution in [0.4, 0.5) is 11.4 Å². The maximum absolute atomic E-state index is 12.9. The van der Waals surface area contributed by atoms with Crippen molar-refractivity contribution in [1.82, 2.24) is 0 Å². The molecule has 8 heteroatoms. The van der Waals surface area contributed by atoms with E-state index in [2.05, 4.69) is 0 Å². The molecular formula is C19H18N2O6. The molecule has 1 saturated heterocycles. The number of nitro groups is 1. The summed E-state index contributed by atoms with van der Waals surface area (Å²) >= 11 is 0. The van der Waals surface area contributed by atoms with Gasteiger partial charge in [0, 0.05) is 30.3 Å². The fraction of sp³-hybridized carbons (Fsp3) is 0.263. The Bertz CT molecular complexity index is 863.